The third-order valence-corrected chi connectivity index (χ3v) is 1.75. The lowest BCUT2D eigenvalue weighted by molar-refractivity contribution is 0.0997. The maximum absolute atomic E-state index is 12.6. The number of fused-ring (bicyclic) bond motifs is 1. The molecule has 3 heteroatoms. The molecule has 0 atom stereocenters. The Hall–Kier alpha value is -1.51. The van der Waals surface area contributed by atoms with Gasteiger partial charge in [-0.15, -0.1) is 0 Å². The number of para-hydroxylation sites is 1. The highest BCUT2D eigenvalue weighted by Gasteiger charge is 2.18. The van der Waals surface area contributed by atoms with Crippen molar-refractivity contribution in [1.82, 2.24) is 0 Å². The molecule has 1 heterocycles. The molecule has 1 aromatic carbocycles. The molecule has 12 heavy (non-hydrogen) atoms. The highest BCUT2D eigenvalue weighted by atomic mass is 19.1. The average molecular weight is 163 g/mol. The van der Waals surface area contributed by atoms with Crippen LogP contribution < -0.4 is 0 Å². The molecule has 0 spiro atoms. The van der Waals surface area contributed by atoms with E-state index in [1.807, 2.05) is 0 Å². The van der Waals surface area contributed by atoms with E-state index in [0.29, 0.717) is 11.3 Å². The molecule has 0 saturated carbocycles. The first kappa shape index (κ1) is 7.16. The van der Waals surface area contributed by atoms with Crippen molar-refractivity contribution in [3.8, 4) is 0 Å². The number of halogens is 1. The molecule has 0 N–H and O–H groups in total. The van der Waals surface area contributed by atoms with Crippen molar-refractivity contribution in [2.45, 2.75) is 6.42 Å². The second-order valence-corrected chi connectivity index (χ2v) is 2.61. The zero-order valence-electron chi connectivity index (χ0n) is 6.25. The fourth-order valence-electron chi connectivity index (χ4n) is 1.20. The Morgan fingerprint density at radius 2 is 2.08 bits per heavy atom. The lowest BCUT2D eigenvalue weighted by Crippen LogP contribution is -2.08. The van der Waals surface area contributed by atoms with Crippen molar-refractivity contribution in [3.63, 3.8) is 0 Å². The van der Waals surface area contributed by atoms with Crippen LogP contribution in [0, 0.1) is 0 Å². The van der Waals surface area contributed by atoms with E-state index in [1.54, 1.807) is 24.3 Å². The van der Waals surface area contributed by atoms with Gasteiger partial charge in [0.25, 0.3) is 0 Å². The van der Waals surface area contributed by atoms with Gasteiger partial charge in [0.15, 0.2) is 11.7 Å². The predicted molar refractivity (Wildman–Crippen MR) is 43.6 cm³/mol. The first-order valence-electron chi connectivity index (χ1n) is 3.62. The molecule has 2 nitrogen and oxygen atoms in total. The molecule has 60 valence electrons. The summed E-state index contributed by atoms with van der Waals surface area (Å²) in [6.45, 7) is 0. The van der Waals surface area contributed by atoms with E-state index >= 15 is 0 Å². The van der Waals surface area contributed by atoms with Crippen molar-refractivity contribution >= 4 is 17.4 Å². The van der Waals surface area contributed by atoms with Crippen LogP contribution in [-0.4, -0.2) is 11.7 Å². The number of carbonyl (C=O) groups is 1. The summed E-state index contributed by atoms with van der Waals surface area (Å²) in [6.07, 6.45) is -0.197. The average Bonchev–Trinajstić information content (AvgIpc) is 2.04. The summed E-state index contributed by atoms with van der Waals surface area (Å²) in [7, 11) is 0. The number of Topliss-reactive ketones (excluding diaryl/α,β-unsaturated/α-hetero) is 1. The van der Waals surface area contributed by atoms with Crippen LogP contribution in [0.15, 0.2) is 29.3 Å². The number of hydrogen-bond acceptors (Lipinski definition) is 2. The minimum absolute atomic E-state index is 0.196. The Balaban J connectivity index is 2.62. The molecule has 1 aliphatic heterocycles. The molecule has 0 saturated heterocycles. The summed E-state index contributed by atoms with van der Waals surface area (Å²) in [6, 6.07) is 6.77. The fraction of sp³-hybridized carbons (Fsp3) is 0.111. The lowest BCUT2D eigenvalue weighted by atomic mass is 10.0. The maximum Gasteiger partial charge on any atom is 0.197 e. The van der Waals surface area contributed by atoms with Crippen molar-refractivity contribution in [2.24, 2.45) is 4.99 Å². The topological polar surface area (TPSA) is 29.4 Å². The highest BCUT2D eigenvalue weighted by Crippen LogP contribution is 2.25. The summed E-state index contributed by atoms with van der Waals surface area (Å²) in [5.41, 5.74) is 0.949. The Labute approximate surface area is 68.7 Å². The molecule has 1 aliphatic rings. The summed E-state index contributed by atoms with van der Waals surface area (Å²) in [5.74, 6) is -0.795. The molecular weight excluding hydrogens is 157 g/mol. The van der Waals surface area contributed by atoms with Crippen LogP contribution in [0.5, 0.6) is 0 Å². The van der Waals surface area contributed by atoms with E-state index in [2.05, 4.69) is 4.99 Å². The van der Waals surface area contributed by atoms with E-state index in [4.69, 9.17) is 0 Å². The van der Waals surface area contributed by atoms with Crippen LogP contribution in [0.25, 0.3) is 0 Å². The van der Waals surface area contributed by atoms with Crippen molar-refractivity contribution < 1.29 is 9.18 Å². The van der Waals surface area contributed by atoms with Crippen molar-refractivity contribution in [3.05, 3.63) is 29.8 Å². The van der Waals surface area contributed by atoms with Crippen LogP contribution in [0.4, 0.5) is 10.1 Å². The second-order valence-electron chi connectivity index (χ2n) is 2.61. The molecule has 0 aromatic heterocycles. The number of rotatable bonds is 0. The zero-order chi connectivity index (χ0) is 8.55. The normalized spacial score (nSPS) is 15.4. The van der Waals surface area contributed by atoms with Crippen LogP contribution in [-0.2, 0) is 0 Å². The standard InChI is InChI=1S/C9H6FNO/c10-9-5-8(12)6-3-1-2-4-7(6)11-9/h1-4H,5H2. The molecule has 2 rings (SSSR count). The minimum Gasteiger partial charge on any atom is -0.294 e. The predicted octanol–water partition coefficient (Wildman–Crippen LogP) is 2.27. The number of ketones is 1. The third kappa shape index (κ3) is 1.03. The summed E-state index contributed by atoms with van der Waals surface area (Å²) in [5, 5.41) is 0. The van der Waals surface area contributed by atoms with Gasteiger partial charge in [-0.25, -0.2) is 4.99 Å². The number of hydrogen-bond donors (Lipinski definition) is 0. The Kier molecular flexibility index (Phi) is 1.50. The Morgan fingerprint density at radius 1 is 1.33 bits per heavy atom. The molecule has 0 radical (unpaired) electrons. The molecule has 0 aliphatic carbocycles. The van der Waals surface area contributed by atoms with Gasteiger partial charge < -0.3 is 0 Å². The minimum atomic E-state index is -0.598. The maximum atomic E-state index is 12.6. The van der Waals surface area contributed by atoms with E-state index in [1.165, 1.54) is 0 Å². The molecule has 0 amide bonds. The largest absolute Gasteiger partial charge is 0.294 e. The monoisotopic (exact) mass is 163 g/mol. The summed E-state index contributed by atoms with van der Waals surface area (Å²) >= 11 is 0. The van der Waals surface area contributed by atoms with E-state index in [-0.39, 0.29) is 12.2 Å². The SMILES string of the molecule is O=C1CC(F)=Nc2ccccc21. The van der Waals surface area contributed by atoms with E-state index in [9.17, 15) is 9.18 Å². The van der Waals surface area contributed by atoms with Crippen molar-refractivity contribution in [1.29, 1.82) is 0 Å². The Morgan fingerprint density at radius 3 is 2.92 bits per heavy atom. The molecule has 0 bridgehead atoms. The number of nitrogens with zero attached hydrogens (tertiary/aromatic N) is 1. The van der Waals surface area contributed by atoms with Gasteiger partial charge in [0.05, 0.1) is 12.1 Å². The van der Waals surface area contributed by atoms with Gasteiger partial charge in [-0.3, -0.25) is 4.79 Å². The van der Waals surface area contributed by atoms with Gasteiger partial charge >= 0.3 is 0 Å². The lowest BCUT2D eigenvalue weighted by Gasteiger charge is -2.08. The van der Waals surface area contributed by atoms with Gasteiger partial charge in [-0.1, -0.05) is 12.1 Å². The van der Waals surface area contributed by atoms with Crippen LogP contribution in [0.2, 0.25) is 0 Å². The van der Waals surface area contributed by atoms with Gasteiger partial charge in [0, 0.05) is 5.56 Å². The van der Waals surface area contributed by atoms with Crippen LogP contribution in [0.1, 0.15) is 16.8 Å². The van der Waals surface area contributed by atoms with E-state index in [0.717, 1.165) is 0 Å². The number of carbonyl (C=O) groups excluding carboxylic acids is 1. The molecule has 0 fully saturated rings. The fourth-order valence-corrected chi connectivity index (χ4v) is 1.20. The van der Waals surface area contributed by atoms with Gasteiger partial charge in [-0.05, 0) is 12.1 Å². The van der Waals surface area contributed by atoms with Gasteiger partial charge in [0.2, 0.25) is 0 Å². The third-order valence-electron chi connectivity index (χ3n) is 1.75. The number of aliphatic imine (C=N–C) groups is 1. The van der Waals surface area contributed by atoms with Crippen molar-refractivity contribution in [2.75, 3.05) is 0 Å². The summed E-state index contributed by atoms with van der Waals surface area (Å²) < 4.78 is 12.6. The molecular formula is C9H6FNO. The molecule has 0 unspecified atom stereocenters. The second kappa shape index (κ2) is 2.52. The number of benzene rings is 1. The Bertz CT molecular complexity index is 371. The van der Waals surface area contributed by atoms with Crippen LogP contribution in [0.3, 0.4) is 0 Å². The molecule has 1 aromatic rings. The van der Waals surface area contributed by atoms with Crippen LogP contribution >= 0.6 is 0 Å². The smallest absolute Gasteiger partial charge is 0.197 e. The van der Waals surface area contributed by atoms with Gasteiger partial charge in [-0.2, -0.15) is 4.39 Å². The quantitative estimate of drug-likeness (QED) is 0.576. The first-order chi connectivity index (χ1) is 5.77. The van der Waals surface area contributed by atoms with E-state index < -0.39 is 5.97 Å². The summed E-state index contributed by atoms with van der Waals surface area (Å²) in [4.78, 5) is 14.8. The zero-order valence-corrected chi connectivity index (χ0v) is 6.25. The highest BCUT2D eigenvalue weighted by molar-refractivity contribution is 6.13. The van der Waals surface area contributed by atoms with Gasteiger partial charge in [0.1, 0.15) is 0 Å². The first-order valence-corrected chi connectivity index (χ1v) is 3.62.